The number of benzene rings is 1. The van der Waals surface area contributed by atoms with Crippen molar-refractivity contribution < 1.29 is 5.11 Å². The van der Waals surface area contributed by atoms with Crippen LogP contribution in [0.3, 0.4) is 0 Å². The van der Waals surface area contributed by atoms with Gasteiger partial charge in [-0.25, -0.2) is 0 Å². The molecule has 0 saturated heterocycles. The molecule has 0 fully saturated rings. The van der Waals surface area contributed by atoms with Crippen molar-refractivity contribution in [1.29, 1.82) is 0 Å². The van der Waals surface area contributed by atoms with E-state index in [0.29, 0.717) is 13.0 Å². The minimum atomic E-state index is 0.280. The van der Waals surface area contributed by atoms with E-state index in [4.69, 9.17) is 10.8 Å². The van der Waals surface area contributed by atoms with Gasteiger partial charge in [-0.1, -0.05) is 24.0 Å². The zero-order valence-corrected chi connectivity index (χ0v) is 6.75. The van der Waals surface area contributed by atoms with Crippen LogP contribution in [0.5, 0.6) is 5.75 Å². The second-order valence-corrected chi connectivity index (χ2v) is 2.40. The van der Waals surface area contributed by atoms with Gasteiger partial charge in [-0.3, -0.25) is 0 Å². The zero-order valence-electron chi connectivity index (χ0n) is 6.75. The van der Waals surface area contributed by atoms with E-state index < -0.39 is 0 Å². The van der Waals surface area contributed by atoms with E-state index in [2.05, 4.69) is 11.8 Å². The third-order valence-electron chi connectivity index (χ3n) is 1.43. The first kappa shape index (κ1) is 8.63. The van der Waals surface area contributed by atoms with Gasteiger partial charge in [-0.2, -0.15) is 0 Å². The summed E-state index contributed by atoms with van der Waals surface area (Å²) >= 11 is 0. The van der Waals surface area contributed by atoms with Gasteiger partial charge in [0.2, 0.25) is 0 Å². The first-order valence-corrected chi connectivity index (χ1v) is 3.76. The summed E-state index contributed by atoms with van der Waals surface area (Å²) < 4.78 is 0. The van der Waals surface area contributed by atoms with Crippen molar-refractivity contribution in [3.05, 3.63) is 29.8 Å². The van der Waals surface area contributed by atoms with E-state index in [1.807, 2.05) is 6.07 Å². The van der Waals surface area contributed by atoms with E-state index in [1.54, 1.807) is 18.2 Å². The van der Waals surface area contributed by atoms with Crippen LogP contribution in [0.15, 0.2) is 24.3 Å². The maximum absolute atomic E-state index is 9.10. The lowest BCUT2D eigenvalue weighted by Crippen LogP contribution is -1.93. The molecule has 0 atom stereocenters. The molecule has 2 heteroatoms. The topological polar surface area (TPSA) is 46.2 Å². The monoisotopic (exact) mass is 161 g/mol. The van der Waals surface area contributed by atoms with Gasteiger partial charge in [0.1, 0.15) is 5.75 Å². The quantitative estimate of drug-likeness (QED) is 0.601. The van der Waals surface area contributed by atoms with E-state index >= 15 is 0 Å². The number of phenolic OH excluding ortho intramolecular Hbond substituents is 1. The highest BCUT2D eigenvalue weighted by atomic mass is 16.3. The fraction of sp³-hybridized carbons (Fsp3) is 0.200. The number of phenols is 1. The van der Waals surface area contributed by atoms with E-state index in [1.165, 1.54) is 0 Å². The minimum absolute atomic E-state index is 0.280. The van der Waals surface area contributed by atoms with Crippen molar-refractivity contribution in [3.63, 3.8) is 0 Å². The number of rotatable bonds is 1. The van der Waals surface area contributed by atoms with E-state index in [0.717, 1.165) is 5.56 Å². The number of hydrogen-bond acceptors (Lipinski definition) is 2. The Labute approximate surface area is 72.0 Å². The lowest BCUT2D eigenvalue weighted by Gasteiger charge is -1.94. The smallest absolute Gasteiger partial charge is 0.115 e. The van der Waals surface area contributed by atoms with Gasteiger partial charge < -0.3 is 10.8 Å². The van der Waals surface area contributed by atoms with Crippen LogP contribution in [0.4, 0.5) is 0 Å². The van der Waals surface area contributed by atoms with Crippen LogP contribution in [0.2, 0.25) is 0 Å². The molecule has 0 radical (unpaired) electrons. The Morgan fingerprint density at radius 1 is 1.33 bits per heavy atom. The molecule has 0 unspecified atom stereocenters. The maximum Gasteiger partial charge on any atom is 0.115 e. The van der Waals surface area contributed by atoms with Gasteiger partial charge in [0.25, 0.3) is 0 Å². The third-order valence-corrected chi connectivity index (χ3v) is 1.43. The fourth-order valence-corrected chi connectivity index (χ4v) is 0.903. The van der Waals surface area contributed by atoms with Crippen molar-refractivity contribution in [1.82, 2.24) is 0 Å². The van der Waals surface area contributed by atoms with Gasteiger partial charge in [0, 0.05) is 6.42 Å². The van der Waals surface area contributed by atoms with E-state index in [9.17, 15) is 0 Å². The van der Waals surface area contributed by atoms with Crippen LogP contribution in [-0.2, 0) is 6.42 Å². The molecule has 62 valence electrons. The molecule has 0 saturated carbocycles. The number of aromatic hydroxyl groups is 1. The van der Waals surface area contributed by atoms with Crippen LogP contribution < -0.4 is 5.73 Å². The summed E-state index contributed by atoms with van der Waals surface area (Å²) in [6.45, 7) is 0.388. The van der Waals surface area contributed by atoms with Gasteiger partial charge >= 0.3 is 0 Å². The SMILES string of the molecule is NCC#CCc1cccc(O)c1. The number of hydrogen-bond donors (Lipinski definition) is 2. The normalized spacial score (nSPS) is 8.75. The van der Waals surface area contributed by atoms with Gasteiger partial charge in [0.15, 0.2) is 0 Å². The summed E-state index contributed by atoms with van der Waals surface area (Å²) in [6.07, 6.45) is 0.644. The summed E-state index contributed by atoms with van der Waals surface area (Å²) in [5.74, 6) is 5.93. The molecule has 0 aliphatic heterocycles. The molecule has 1 aromatic carbocycles. The van der Waals surface area contributed by atoms with Gasteiger partial charge in [0.05, 0.1) is 6.54 Å². The summed E-state index contributed by atoms with van der Waals surface area (Å²) in [6, 6.07) is 7.06. The van der Waals surface area contributed by atoms with Crippen molar-refractivity contribution in [2.75, 3.05) is 6.54 Å². The molecule has 1 rings (SSSR count). The Bertz CT molecular complexity index is 309. The molecule has 0 aliphatic rings. The Kier molecular flexibility index (Phi) is 3.18. The van der Waals surface area contributed by atoms with Crippen molar-refractivity contribution in [2.24, 2.45) is 5.73 Å². The molecular formula is C10H11NO. The molecule has 0 amide bonds. The molecule has 0 spiro atoms. The Morgan fingerprint density at radius 3 is 2.83 bits per heavy atom. The van der Waals surface area contributed by atoms with Crippen LogP contribution in [0.1, 0.15) is 5.56 Å². The Balaban J connectivity index is 2.63. The van der Waals surface area contributed by atoms with Crippen LogP contribution in [0, 0.1) is 11.8 Å². The predicted molar refractivity (Wildman–Crippen MR) is 48.6 cm³/mol. The standard InChI is InChI=1S/C10H11NO/c11-7-2-1-4-9-5-3-6-10(12)8-9/h3,5-6,8,12H,4,7,11H2. The minimum Gasteiger partial charge on any atom is -0.508 e. The second kappa shape index (κ2) is 4.42. The highest BCUT2D eigenvalue weighted by molar-refractivity contribution is 5.29. The summed E-state index contributed by atoms with van der Waals surface area (Å²) in [4.78, 5) is 0. The van der Waals surface area contributed by atoms with Crippen molar-refractivity contribution in [3.8, 4) is 17.6 Å². The van der Waals surface area contributed by atoms with Crippen LogP contribution in [-0.4, -0.2) is 11.7 Å². The van der Waals surface area contributed by atoms with Crippen molar-refractivity contribution >= 4 is 0 Å². The molecule has 1 aromatic rings. The molecule has 3 N–H and O–H groups in total. The Morgan fingerprint density at radius 2 is 2.17 bits per heavy atom. The summed E-state index contributed by atoms with van der Waals surface area (Å²) in [5, 5.41) is 9.10. The first-order valence-electron chi connectivity index (χ1n) is 3.76. The second-order valence-electron chi connectivity index (χ2n) is 2.40. The highest BCUT2D eigenvalue weighted by Crippen LogP contribution is 2.10. The first-order chi connectivity index (χ1) is 5.83. The molecule has 0 heterocycles. The summed E-state index contributed by atoms with van der Waals surface area (Å²) in [7, 11) is 0. The molecular weight excluding hydrogens is 150 g/mol. The predicted octanol–water partition coefficient (Wildman–Crippen LogP) is 0.897. The molecule has 12 heavy (non-hydrogen) atoms. The lowest BCUT2D eigenvalue weighted by atomic mass is 10.1. The lowest BCUT2D eigenvalue weighted by molar-refractivity contribution is 0.475. The fourth-order valence-electron chi connectivity index (χ4n) is 0.903. The van der Waals surface area contributed by atoms with Gasteiger partial charge in [-0.05, 0) is 17.7 Å². The molecule has 0 aromatic heterocycles. The average Bonchev–Trinajstić information content (AvgIpc) is 2.05. The van der Waals surface area contributed by atoms with Crippen molar-refractivity contribution in [2.45, 2.75) is 6.42 Å². The Hall–Kier alpha value is -1.46. The average molecular weight is 161 g/mol. The van der Waals surface area contributed by atoms with Crippen LogP contribution in [0.25, 0.3) is 0 Å². The van der Waals surface area contributed by atoms with Gasteiger partial charge in [-0.15, -0.1) is 0 Å². The van der Waals surface area contributed by atoms with Crippen LogP contribution >= 0.6 is 0 Å². The zero-order chi connectivity index (χ0) is 8.81. The highest BCUT2D eigenvalue weighted by Gasteiger charge is 1.90. The maximum atomic E-state index is 9.10. The number of nitrogens with two attached hydrogens (primary N) is 1. The molecule has 0 bridgehead atoms. The largest absolute Gasteiger partial charge is 0.508 e. The third kappa shape index (κ3) is 2.65. The molecule has 0 aliphatic carbocycles. The van der Waals surface area contributed by atoms with E-state index in [-0.39, 0.29) is 5.75 Å². The molecule has 2 nitrogen and oxygen atoms in total. The summed E-state index contributed by atoms with van der Waals surface area (Å²) in [5.41, 5.74) is 6.21.